The lowest BCUT2D eigenvalue weighted by Gasteiger charge is -2.29. The molecule has 3 aromatic rings. The van der Waals surface area contributed by atoms with Crippen molar-refractivity contribution in [1.29, 1.82) is 0 Å². The molecule has 1 N–H and O–H groups in total. The van der Waals surface area contributed by atoms with Crippen LogP contribution in [0.15, 0.2) is 48.5 Å². The predicted molar refractivity (Wildman–Crippen MR) is 152 cm³/mol. The quantitative estimate of drug-likeness (QED) is 0.423. The van der Waals surface area contributed by atoms with Crippen molar-refractivity contribution in [2.45, 2.75) is 56.6 Å². The van der Waals surface area contributed by atoms with E-state index in [1.807, 2.05) is 30.3 Å². The molecule has 3 fully saturated rings. The topological polar surface area (TPSA) is 101 Å². The summed E-state index contributed by atoms with van der Waals surface area (Å²) in [6.07, 6.45) is -4.28. The predicted octanol–water partition coefficient (Wildman–Crippen LogP) is 3.94. The van der Waals surface area contributed by atoms with Crippen LogP contribution in [0.25, 0.3) is 10.9 Å². The van der Waals surface area contributed by atoms with E-state index in [4.69, 9.17) is 14.5 Å². The summed E-state index contributed by atoms with van der Waals surface area (Å²) < 4.78 is 53.9. The molecular formula is C32H31F3N4O5. The Hall–Kier alpha value is -4.03. The third kappa shape index (κ3) is 5.52. The van der Waals surface area contributed by atoms with Gasteiger partial charge in [0.1, 0.15) is 23.8 Å². The zero-order valence-electron chi connectivity index (χ0n) is 23.8. The van der Waals surface area contributed by atoms with Crippen molar-refractivity contribution in [3.05, 3.63) is 70.9 Å². The van der Waals surface area contributed by atoms with Crippen LogP contribution in [0.4, 0.5) is 13.2 Å². The summed E-state index contributed by atoms with van der Waals surface area (Å²) in [5.74, 6) is -2.41. The highest BCUT2D eigenvalue weighted by Gasteiger charge is 2.51. The number of hydrogen-bond acceptors (Lipinski definition) is 7. The normalized spacial score (nSPS) is 26.0. The number of likely N-dealkylation sites (tertiary alicyclic amines) is 1. The molecule has 9 nitrogen and oxygen atoms in total. The second-order valence-electron chi connectivity index (χ2n) is 12.0. The fraction of sp³-hybridized carbons (Fsp3) is 0.438. The number of piperidine rings is 1. The average molecular weight is 609 g/mol. The van der Waals surface area contributed by atoms with Crippen molar-refractivity contribution in [3.63, 3.8) is 0 Å². The van der Waals surface area contributed by atoms with Crippen molar-refractivity contribution in [2.75, 3.05) is 26.3 Å². The first-order valence-corrected chi connectivity index (χ1v) is 14.8. The number of aromatic nitrogens is 1. The van der Waals surface area contributed by atoms with Crippen molar-refractivity contribution in [2.24, 2.45) is 5.92 Å². The molecule has 44 heavy (non-hydrogen) atoms. The van der Waals surface area contributed by atoms with Crippen LogP contribution in [0.2, 0.25) is 0 Å². The molecule has 4 atom stereocenters. The van der Waals surface area contributed by atoms with Gasteiger partial charge < -0.3 is 14.4 Å². The van der Waals surface area contributed by atoms with Gasteiger partial charge in [0, 0.05) is 61.8 Å². The van der Waals surface area contributed by atoms with Crippen LogP contribution in [-0.2, 0) is 27.4 Å². The van der Waals surface area contributed by atoms with E-state index in [9.17, 15) is 27.6 Å². The number of halogens is 3. The Labute approximate surface area is 251 Å². The molecule has 3 amide bonds. The maximum Gasteiger partial charge on any atom is 0.396 e. The summed E-state index contributed by atoms with van der Waals surface area (Å²) in [4.78, 5) is 44.8. The van der Waals surface area contributed by atoms with Crippen LogP contribution in [0, 0.1) is 5.92 Å². The van der Waals surface area contributed by atoms with Crippen LogP contribution in [0.3, 0.4) is 0 Å². The lowest BCUT2D eigenvalue weighted by molar-refractivity contribution is -0.186. The average Bonchev–Trinajstić information content (AvgIpc) is 3.73. The minimum atomic E-state index is -4.46. The van der Waals surface area contributed by atoms with E-state index in [1.165, 1.54) is 17.0 Å². The zero-order valence-corrected chi connectivity index (χ0v) is 23.8. The Balaban J connectivity index is 1.04. The van der Waals surface area contributed by atoms with Gasteiger partial charge in [-0.25, -0.2) is 0 Å². The van der Waals surface area contributed by atoms with Crippen LogP contribution in [0.5, 0.6) is 5.75 Å². The summed E-state index contributed by atoms with van der Waals surface area (Å²) >= 11 is 0. The van der Waals surface area contributed by atoms with Crippen molar-refractivity contribution >= 4 is 28.6 Å². The SMILES string of the molecule is O=C1CCC(N2Cc3cc(O[C@@H]4CN(Cc5ccc6nc([C@@H]7CCOC7)ccc6c5)CC4C(F)(F)F)ccc3C2=O)C(=O)N1. The molecule has 3 saturated heterocycles. The van der Waals surface area contributed by atoms with E-state index in [1.54, 1.807) is 11.0 Å². The molecular weight excluding hydrogens is 577 g/mol. The second-order valence-corrected chi connectivity index (χ2v) is 12.0. The van der Waals surface area contributed by atoms with E-state index >= 15 is 0 Å². The van der Waals surface area contributed by atoms with E-state index in [0.717, 1.165) is 35.2 Å². The minimum Gasteiger partial charge on any atom is -0.488 e. The standard InChI is InChI=1S/C32H31F3N4O5/c33-32(34,35)24-15-38(13-18-1-5-25-19(11-18)2-6-26(36-25)20-9-10-43-17-20)16-28(24)44-22-3-4-23-21(12-22)14-39(31(23)42)27-7-8-29(40)37-30(27)41/h1-6,11-12,20,24,27-28H,7-10,13-17H2,(H,37,40,41)/t20-,24?,27?,28-/m1/s1. The van der Waals surface area contributed by atoms with E-state index in [-0.39, 0.29) is 56.0 Å². The number of benzene rings is 2. The number of pyridine rings is 1. The minimum absolute atomic E-state index is 0.0828. The number of fused-ring (bicyclic) bond motifs is 2. The Morgan fingerprint density at radius 3 is 2.66 bits per heavy atom. The maximum atomic E-state index is 14.2. The van der Waals surface area contributed by atoms with Crippen LogP contribution in [0.1, 0.15) is 52.4 Å². The summed E-state index contributed by atoms with van der Waals surface area (Å²) in [7, 11) is 0. The first-order valence-electron chi connectivity index (χ1n) is 14.8. The van der Waals surface area contributed by atoms with Crippen molar-refractivity contribution in [1.82, 2.24) is 20.1 Å². The van der Waals surface area contributed by atoms with E-state index in [0.29, 0.717) is 24.3 Å². The van der Waals surface area contributed by atoms with Gasteiger partial charge in [-0.3, -0.25) is 29.6 Å². The molecule has 0 saturated carbocycles. The largest absolute Gasteiger partial charge is 0.488 e. The molecule has 7 rings (SSSR count). The molecule has 0 bridgehead atoms. The number of carbonyl (C=O) groups excluding carboxylic acids is 3. The highest BCUT2D eigenvalue weighted by molar-refractivity contribution is 6.05. The van der Waals surface area contributed by atoms with Crippen molar-refractivity contribution < 1.29 is 37.0 Å². The molecule has 2 unspecified atom stereocenters. The molecule has 4 aliphatic rings. The number of nitrogens with zero attached hydrogens (tertiary/aromatic N) is 3. The third-order valence-corrected chi connectivity index (χ3v) is 9.07. The molecule has 0 radical (unpaired) electrons. The summed E-state index contributed by atoms with van der Waals surface area (Å²) in [6.45, 7) is 1.74. The van der Waals surface area contributed by atoms with E-state index < -0.39 is 30.1 Å². The highest BCUT2D eigenvalue weighted by Crippen LogP contribution is 2.38. The Morgan fingerprint density at radius 2 is 1.89 bits per heavy atom. The lowest BCUT2D eigenvalue weighted by atomic mass is 10.0. The van der Waals surface area contributed by atoms with Gasteiger partial charge in [-0.15, -0.1) is 0 Å². The van der Waals surface area contributed by atoms with Crippen LogP contribution < -0.4 is 10.1 Å². The van der Waals surface area contributed by atoms with Gasteiger partial charge in [-0.2, -0.15) is 13.2 Å². The fourth-order valence-corrected chi connectivity index (χ4v) is 6.76. The number of hydrogen-bond donors (Lipinski definition) is 1. The van der Waals surface area contributed by atoms with Crippen LogP contribution >= 0.6 is 0 Å². The number of nitrogens with one attached hydrogen (secondary N) is 1. The van der Waals surface area contributed by atoms with Gasteiger partial charge in [0.25, 0.3) is 5.91 Å². The number of ether oxygens (including phenoxy) is 2. The zero-order chi connectivity index (χ0) is 30.6. The number of alkyl halides is 3. The molecule has 2 aromatic carbocycles. The monoisotopic (exact) mass is 608 g/mol. The van der Waals surface area contributed by atoms with Gasteiger partial charge in [0.15, 0.2) is 0 Å². The Morgan fingerprint density at radius 1 is 1.02 bits per heavy atom. The second kappa shape index (κ2) is 11.2. The molecule has 5 heterocycles. The van der Waals surface area contributed by atoms with Gasteiger partial charge >= 0.3 is 6.18 Å². The summed E-state index contributed by atoms with van der Waals surface area (Å²) in [5.41, 5.74) is 3.68. The Bertz CT molecular complexity index is 1640. The Kier molecular flexibility index (Phi) is 7.28. The molecule has 230 valence electrons. The number of imide groups is 1. The van der Waals surface area contributed by atoms with Gasteiger partial charge in [0.2, 0.25) is 11.8 Å². The molecule has 12 heteroatoms. The third-order valence-electron chi connectivity index (χ3n) is 9.07. The van der Waals surface area contributed by atoms with Crippen LogP contribution in [-0.4, -0.2) is 77.1 Å². The molecule has 0 spiro atoms. The van der Waals surface area contributed by atoms with Gasteiger partial charge in [0.05, 0.1) is 12.1 Å². The first-order chi connectivity index (χ1) is 21.1. The molecule has 4 aliphatic heterocycles. The molecule has 1 aromatic heterocycles. The number of carbonyl (C=O) groups is 3. The van der Waals surface area contributed by atoms with E-state index in [2.05, 4.69) is 5.32 Å². The number of rotatable bonds is 6. The highest BCUT2D eigenvalue weighted by atomic mass is 19.4. The summed E-state index contributed by atoms with van der Waals surface area (Å²) in [5, 5.41) is 3.19. The fourth-order valence-electron chi connectivity index (χ4n) is 6.76. The summed E-state index contributed by atoms with van der Waals surface area (Å²) in [6, 6.07) is 13.6. The lowest BCUT2D eigenvalue weighted by Crippen LogP contribution is -2.52. The smallest absolute Gasteiger partial charge is 0.396 e. The van der Waals surface area contributed by atoms with Gasteiger partial charge in [-0.05, 0) is 60.4 Å². The van der Waals surface area contributed by atoms with Crippen molar-refractivity contribution in [3.8, 4) is 5.75 Å². The number of amides is 3. The first kappa shape index (κ1) is 28.7. The maximum absolute atomic E-state index is 14.2. The molecule has 0 aliphatic carbocycles. The van der Waals surface area contributed by atoms with Gasteiger partial charge in [-0.1, -0.05) is 12.1 Å².